The Kier molecular flexibility index (Phi) is 5.10. The zero-order valence-corrected chi connectivity index (χ0v) is 20.4. The van der Waals surface area contributed by atoms with Crippen molar-refractivity contribution >= 4 is 10.0 Å². The summed E-state index contributed by atoms with van der Waals surface area (Å²) in [5.41, 5.74) is 2.67. The lowest BCUT2D eigenvalue weighted by Gasteiger charge is -2.60. The molecule has 0 amide bonds. The van der Waals surface area contributed by atoms with E-state index in [0.717, 1.165) is 61.2 Å². The van der Waals surface area contributed by atoms with Crippen LogP contribution in [0.5, 0.6) is 11.5 Å². The summed E-state index contributed by atoms with van der Waals surface area (Å²) >= 11 is 0. The van der Waals surface area contributed by atoms with E-state index < -0.39 is 10.0 Å². The minimum absolute atomic E-state index is 0.0152. The molecule has 1 N–H and O–H groups in total. The molecule has 6 nitrogen and oxygen atoms in total. The first-order chi connectivity index (χ1) is 16.4. The van der Waals surface area contributed by atoms with E-state index in [2.05, 4.69) is 11.5 Å². The molecule has 6 rings (SSSR count). The second kappa shape index (κ2) is 7.83. The van der Waals surface area contributed by atoms with E-state index in [1.54, 1.807) is 17.4 Å². The molecular weight excluding hydrogens is 448 g/mol. The average molecular weight is 481 g/mol. The Morgan fingerprint density at radius 1 is 1.24 bits per heavy atom. The number of piperidine rings is 1. The third kappa shape index (κ3) is 3.03. The molecule has 5 atom stereocenters. The second-order valence-electron chi connectivity index (χ2n) is 10.3. The van der Waals surface area contributed by atoms with E-state index >= 15 is 0 Å². The Morgan fingerprint density at radius 3 is 2.79 bits per heavy atom. The average Bonchev–Trinajstić information content (AvgIpc) is 3.15. The van der Waals surface area contributed by atoms with Crippen molar-refractivity contribution in [2.24, 2.45) is 5.92 Å². The lowest BCUT2D eigenvalue weighted by atomic mass is 9.51. The van der Waals surface area contributed by atoms with Crippen molar-refractivity contribution in [3.05, 3.63) is 71.8 Å². The van der Waals surface area contributed by atoms with Crippen LogP contribution < -0.4 is 4.74 Å². The van der Waals surface area contributed by atoms with Crippen LogP contribution in [0.25, 0.3) is 0 Å². The number of phenolic OH excluding ortho intramolecular Hbond substituents is 1. The highest BCUT2D eigenvalue weighted by atomic mass is 32.2. The van der Waals surface area contributed by atoms with Gasteiger partial charge in [0, 0.05) is 36.2 Å². The molecule has 2 aromatic rings. The maximum atomic E-state index is 13.5. The van der Waals surface area contributed by atoms with Gasteiger partial charge in [0.15, 0.2) is 0 Å². The largest absolute Gasteiger partial charge is 0.508 e. The molecule has 4 aliphatic rings. The fraction of sp³-hybridized carbons (Fsp3) is 0.481. The van der Waals surface area contributed by atoms with Gasteiger partial charge in [0.2, 0.25) is 10.0 Å². The molecule has 2 heterocycles. The highest BCUT2D eigenvalue weighted by molar-refractivity contribution is 7.88. The molecule has 2 aliphatic carbocycles. The van der Waals surface area contributed by atoms with Gasteiger partial charge in [-0.2, -0.15) is 4.31 Å². The van der Waals surface area contributed by atoms with E-state index in [1.807, 2.05) is 42.5 Å². The Bertz CT molecular complexity index is 1230. The first kappa shape index (κ1) is 22.1. The smallest absolute Gasteiger partial charge is 0.218 e. The first-order valence-electron chi connectivity index (χ1n) is 12.2. The van der Waals surface area contributed by atoms with Crippen molar-refractivity contribution in [1.82, 2.24) is 9.21 Å². The predicted molar refractivity (Wildman–Crippen MR) is 131 cm³/mol. The van der Waals surface area contributed by atoms with Crippen LogP contribution in [0.4, 0.5) is 0 Å². The van der Waals surface area contributed by atoms with Gasteiger partial charge >= 0.3 is 0 Å². The highest BCUT2D eigenvalue weighted by Crippen LogP contribution is 2.63. The molecule has 0 unspecified atom stereocenters. The topological polar surface area (TPSA) is 70.1 Å². The minimum Gasteiger partial charge on any atom is -0.508 e. The van der Waals surface area contributed by atoms with Gasteiger partial charge in [-0.05, 0) is 55.8 Å². The molecule has 180 valence electrons. The Morgan fingerprint density at radius 2 is 2.03 bits per heavy atom. The summed E-state index contributed by atoms with van der Waals surface area (Å²) in [5, 5.41) is 10.8. The summed E-state index contributed by atoms with van der Waals surface area (Å²) in [6.45, 7) is 5.71. The van der Waals surface area contributed by atoms with E-state index in [1.165, 1.54) is 0 Å². The highest BCUT2D eigenvalue weighted by Gasteiger charge is 2.66. The number of sulfonamides is 1. The third-order valence-corrected chi connectivity index (χ3v) is 10.7. The maximum absolute atomic E-state index is 13.5. The van der Waals surface area contributed by atoms with Crippen LogP contribution in [-0.4, -0.2) is 61.1 Å². The molecule has 34 heavy (non-hydrogen) atoms. The Labute approximate surface area is 201 Å². The number of rotatable bonds is 6. The van der Waals surface area contributed by atoms with Gasteiger partial charge in [0.05, 0.1) is 11.8 Å². The van der Waals surface area contributed by atoms with Crippen molar-refractivity contribution < 1.29 is 18.3 Å². The van der Waals surface area contributed by atoms with Gasteiger partial charge in [-0.25, -0.2) is 8.42 Å². The van der Waals surface area contributed by atoms with Crippen LogP contribution in [0, 0.1) is 5.92 Å². The van der Waals surface area contributed by atoms with Crippen LogP contribution in [0.15, 0.2) is 55.1 Å². The van der Waals surface area contributed by atoms with Gasteiger partial charge in [-0.1, -0.05) is 36.4 Å². The molecule has 2 fully saturated rings. The van der Waals surface area contributed by atoms with E-state index in [9.17, 15) is 13.5 Å². The minimum atomic E-state index is -3.53. The number of nitrogens with zero attached hydrogens (tertiary/aromatic N) is 2. The number of likely N-dealkylation sites (N-methyl/N-ethyl adjacent to an activating group) is 1. The maximum Gasteiger partial charge on any atom is 0.218 e. The van der Waals surface area contributed by atoms with Crippen molar-refractivity contribution in [2.75, 3.05) is 20.1 Å². The lowest BCUT2D eigenvalue weighted by Crippen LogP contribution is -2.68. The van der Waals surface area contributed by atoms with Gasteiger partial charge in [-0.3, -0.25) is 4.90 Å². The normalized spacial score (nSPS) is 31.7. The van der Waals surface area contributed by atoms with E-state index in [4.69, 9.17) is 4.74 Å². The van der Waals surface area contributed by atoms with Gasteiger partial charge in [-0.15, -0.1) is 6.58 Å². The van der Waals surface area contributed by atoms with Crippen LogP contribution in [0.1, 0.15) is 36.0 Å². The summed E-state index contributed by atoms with van der Waals surface area (Å²) in [4.78, 5) is 2.49. The quantitative estimate of drug-likeness (QED) is 0.642. The van der Waals surface area contributed by atoms with Gasteiger partial charge in [0.1, 0.15) is 17.6 Å². The molecule has 7 heteroatoms. The van der Waals surface area contributed by atoms with Gasteiger partial charge in [0.25, 0.3) is 0 Å². The second-order valence-corrected chi connectivity index (χ2v) is 12.4. The molecule has 1 saturated heterocycles. The number of aromatic hydroxyl groups is 1. The molecule has 1 saturated carbocycles. The number of hydrogen-bond donors (Lipinski definition) is 1. The number of ether oxygens (including phenoxy) is 1. The van der Waals surface area contributed by atoms with Crippen molar-refractivity contribution in [3.8, 4) is 11.5 Å². The Balaban J connectivity index is 1.40. The number of phenols is 1. The fourth-order valence-electron chi connectivity index (χ4n) is 7.47. The fourth-order valence-corrected chi connectivity index (χ4v) is 8.91. The summed E-state index contributed by atoms with van der Waals surface area (Å²) < 4.78 is 35.2. The standard InChI is InChI=1S/C27H32N2O4S/c1-3-14-29-15-13-27-20-9-10-21(28(2)34(31,32)17-18-7-5-4-6-8-18)26(27)33-24-12-11-23(30)19(25(24)27)16-22(20)29/h3-8,11-12,20-22,26,30H,1,9-10,13-17H2,2H3/t20-,21+,22+,26-,27-/m0/s1. The lowest BCUT2D eigenvalue weighted by molar-refractivity contribution is -0.0713. The van der Waals surface area contributed by atoms with Crippen LogP contribution in [0.2, 0.25) is 0 Å². The zero-order chi connectivity index (χ0) is 23.7. The molecule has 0 aromatic heterocycles. The number of benzene rings is 2. The molecular formula is C27H32N2O4S. The first-order valence-corrected chi connectivity index (χ1v) is 13.8. The van der Waals surface area contributed by atoms with E-state index in [0.29, 0.717) is 17.7 Å². The summed E-state index contributed by atoms with van der Waals surface area (Å²) in [6, 6.07) is 13.0. The molecule has 0 radical (unpaired) electrons. The molecule has 2 aliphatic heterocycles. The van der Waals surface area contributed by atoms with Gasteiger partial charge < -0.3 is 9.84 Å². The van der Waals surface area contributed by atoms with Crippen LogP contribution >= 0.6 is 0 Å². The number of hydrogen-bond acceptors (Lipinski definition) is 5. The number of likely N-dealkylation sites (tertiary alicyclic amines) is 1. The SMILES string of the molecule is C=CCN1CC[C@@]23c4c5ccc(O)c4C[C@@H]1[C@@H]2CC[C@@H](N(C)S(=O)(=O)Cc1ccccc1)[C@@H]3O5. The van der Waals surface area contributed by atoms with Crippen molar-refractivity contribution in [2.45, 2.75) is 55.0 Å². The van der Waals surface area contributed by atoms with Crippen LogP contribution in [0.3, 0.4) is 0 Å². The predicted octanol–water partition coefficient (Wildman–Crippen LogP) is 3.45. The summed E-state index contributed by atoms with van der Waals surface area (Å²) in [6.07, 6.45) is 5.14. The summed E-state index contributed by atoms with van der Waals surface area (Å²) in [7, 11) is -1.81. The van der Waals surface area contributed by atoms with Crippen molar-refractivity contribution in [1.29, 1.82) is 0 Å². The third-order valence-electron chi connectivity index (χ3n) is 8.88. The Hall–Kier alpha value is -2.35. The molecule has 1 spiro atoms. The van der Waals surface area contributed by atoms with E-state index in [-0.39, 0.29) is 23.3 Å². The summed E-state index contributed by atoms with van der Waals surface area (Å²) in [5.74, 6) is 1.53. The molecule has 2 bridgehead atoms. The zero-order valence-electron chi connectivity index (χ0n) is 19.6. The van der Waals surface area contributed by atoms with Crippen molar-refractivity contribution in [3.63, 3.8) is 0 Å². The molecule has 2 aromatic carbocycles. The van der Waals surface area contributed by atoms with Crippen LogP contribution in [-0.2, 0) is 27.6 Å². The monoisotopic (exact) mass is 480 g/mol.